The molecule has 0 fully saturated rings. The second kappa shape index (κ2) is 12.7. The van der Waals surface area contributed by atoms with Crippen LogP contribution in [0.4, 0.5) is 9.18 Å². The van der Waals surface area contributed by atoms with Gasteiger partial charge in [-0.1, -0.05) is 25.6 Å². The van der Waals surface area contributed by atoms with Gasteiger partial charge in [0, 0.05) is 12.6 Å². The first-order valence-electron chi connectivity index (χ1n) is 6.41. The molecule has 0 radical (unpaired) electrons. The molecule has 5 nitrogen and oxygen atoms in total. The molecule has 1 atom stereocenters. The molecule has 0 heterocycles. The van der Waals surface area contributed by atoms with Gasteiger partial charge in [0.25, 0.3) is 5.24 Å². The maximum atomic E-state index is 13.2. The molecular weight excluding hydrogens is 271 g/mol. The summed E-state index contributed by atoms with van der Waals surface area (Å²) in [6, 6.07) is 0.448. The largest absolute Gasteiger partial charge is 0.378 e. The van der Waals surface area contributed by atoms with Crippen molar-refractivity contribution in [1.29, 1.82) is 0 Å². The smallest absolute Gasteiger partial charge is 0.278 e. The summed E-state index contributed by atoms with van der Waals surface area (Å²) in [5, 5.41) is 5.43. The van der Waals surface area contributed by atoms with Gasteiger partial charge in [0.05, 0.1) is 33.0 Å². The lowest BCUT2D eigenvalue weighted by Crippen LogP contribution is -2.30. The number of hydrogen-bond acceptors (Lipinski definition) is 5. The third kappa shape index (κ3) is 13.9. The van der Waals surface area contributed by atoms with Gasteiger partial charge >= 0.3 is 0 Å². The Balaban J connectivity index is 3.23. The van der Waals surface area contributed by atoms with Crippen LogP contribution in [-0.2, 0) is 9.47 Å². The van der Waals surface area contributed by atoms with Crippen LogP contribution in [0.5, 0.6) is 0 Å². The number of thioether (sulfide) groups is 1. The summed E-state index contributed by atoms with van der Waals surface area (Å²) in [5.41, 5.74) is 0. The molecule has 114 valence electrons. The third-order valence-electron chi connectivity index (χ3n) is 2.12. The highest BCUT2D eigenvalue weighted by molar-refractivity contribution is 8.12. The van der Waals surface area contributed by atoms with Crippen LogP contribution in [-0.4, -0.2) is 63.2 Å². The quantitative estimate of drug-likeness (QED) is 0.565. The molecule has 0 aliphatic heterocycles. The molecule has 0 aromatic rings. The van der Waals surface area contributed by atoms with Gasteiger partial charge in [0.1, 0.15) is 6.17 Å². The van der Waals surface area contributed by atoms with Crippen LogP contribution in [0.25, 0.3) is 0 Å². The maximum Gasteiger partial charge on any atom is 0.278 e. The van der Waals surface area contributed by atoms with Gasteiger partial charge < -0.3 is 20.1 Å². The summed E-state index contributed by atoms with van der Waals surface area (Å²) >= 11 is 1.02. The summed E-state index contributed by atoms with van der Waals surface area (Å²) in [7, 11) is 0. The number of hydrogen-bond donors (Lipinski definition) is 2. The second-order valence-corrected chi connectivity index (χ2v) is 5.04. The molecule has 7 heteroatoms. The van der Waals surface area contributed by atoms with Crippen molar-refractivity contribution in [2.75, 3.05) is 45.8 Å². The Kier molecular flexibility index (Phi) is 12.4. The lowest BCUT2D eigenvalue weighted by molar-refractivity contribution is 0.0274. The lowest BCUT2D eigenvalue weighted by atomic mass is 10.4. The van der Waals surface area contributed by atoms with Gasteiger partial charge in [-0.3, -0.25) is 4.79 Å². The zero-order chi connectivity index (χ0) is 14.5. The van der Waals surface area contributed by atoms with Crippen LogP contribution in [0.15, 0.2) is 0 Å². The first-order chi connectivity index (χ1) is 9.06. The lowest BCUT2D eigenvalue weighted by Gasteiger charge is -2.11. The molecule has 2 N–H and O–H groups in total. The summed E-state index contributed by atoms with van der Waals surface area (Å²) in [5.74, 6) is 0. The third-order valence-corrected chi connectivity index (χ3v) is 2.64. The Bertz CT molecular complexity index is 233. The van der Waals surface area contributed by atoms with E-state index in [1.54, 1.807) is 6.26 Å². The van der Waals surface area contributed by atoms with Crippen molar-refractivity contribution in [3.8, 4) is 0 Å². The van der Waals surface area contributed by atoms with E-state index in [4.69, 9.17) is 9.47 Å². The monoisotopic (exact) mass is 296 g/mol. The Morgan fingerprint density at radius 2 is 1.95 bits per heavy atom. The van der Waals surface area contributed by atoms with Crippen molar-refractivity contribution in [3.05, 3.63) is 0 Å². The molecule has 0 aliphatic carbocycles. The number of halogens is 1. The van der Waals surface area contributed by atoms with Gasteiger partial charge in [-0.25, -0.2) is 4.39 Å². The average Bonchev–Trinajstić information content (AvgIpc) is 2.38. The average molecular weight is 296 g/mol. The molecule has 0 saturated carbocycles. The standard InChI is InChI=1S/C12H25FN2O3S/c1-10(2)14-4-5-17-6-7-18-9-11(13)8-15-12(16)19-3/h10-11,14H,4-9H2,1-3H3,(H,15,16). The zero-order valence-corrected chi connectivity index (χ0v) is 12.7. The van der Waals surface area contributed by atoms with Crippen molar-refractivity contribution in [3.63, 3.8) is 0 Å². The van der Waals surface area contributed by atoms with E-state index in [9.17, 15) is 9.18 Å². The molecule has 0 bridgehead atoms. The molecule has 0 aliphatic rings. The van der Waals surface area contributed by atoms with Crippen LogP contribution in [0, 0.1) is 0 Å². The van der Waals surface area contributed by atoms with Crippen molar-refractivity contribution in [2.24, 2.45) is 0 Å². The fourth-order valence-corrected chi connectivity index (χ4v) is 1.40. The van der Waals surface area contributed by atoms with E-state index in [0.717, 1.165) is 18.3 Å². The summed E-state index contributed by atoms with van der Waals surface area (Å²) in [6.45, 7) is 6.32. The Morgan fingerprint density at radius 1 is 1.26 bits per heavy atom. The molecule has 1 amide bonds. The highest BCUT2D eigenvalue weighted by Gasteiger charge is 2.08. The van der Waals surface area contributed by atoms with Crippen molar-refractivity contribution >= 4 is 17.0 Å². The Hall–Kier alpha value is -0.370. The minimum Gasteiger partial charge on any atom is -0.378 e. The van der Waals surface area contributed by atoms with E-state index in [1.165, 1.54) is 0 Å². The van der Waals surface area contributed by atoms with Gasteiger partial charge in [0.15, 0.2) is 0 Å². The molecule has 0 rings (SSSR count). The molecular formula is C12H25FN2O3S. The summed E-state index contributed by atoms with van der Waals surface area (Å²) in [4.78, 5) is 10.9. The molecule has 0 aromatic carbocycles. The second-order valence-electron chi connectivity index (χ2n) is 4.27. The Labute approximate surface area is 119 Å². The van der Waals surface area contributed by atoms with Gasteiger partial charge in [-0.2, -0.15) is 0 Å². The first-order valence-corrected chi connectivity index (χ1v) is 7.63. The Morgan fingerprint density at radius 3 is 2.58 bits per heavy atom. The summed E-state index contributed by atoms with van der Waals surface area (Å²) < 4.78 is 23.6. The van der Waals surface area contributed by atoms with Gasteiger partial charge in [-0.15, -0.1) is 0 Å². The van der Waals surface area contributed by atoms with Crippen LogP contribution in [0.1, 0.15) is 13.8 Å². The fourth-order valence-electron chi connectivity index (χ4n) is 1.18. The first kappa shape index (κ1) is 18.6. The zero-order valence-electron chi connectivity index (χ0n) is 11.9. The number of carbonyl (C=O) groups is 1. The van der Waals surface area contributed by atoms with Crippen molar-refractivity contribution in [1.82, 2.24) is 10.6 Å². The number of carbonyl (C=O) groups excluding carboxylic acids is 1. The maximum absolute atomic E-state index is 13.2. The summed E-state index contributed by atoms with van der Waals surface area (Å²) in [6.07, 6.45) is 0.462. The molecule has 19 heavy (non-hydrogen) atoms. The van der Waals surface area contributed by atoms with Gasteiger partial charge in [0.2, 0.25) is 0 Å². The number of alkyl halides is 1. The predicted octanol–water partition coefficient (Wildman–Crippen LogP) is 1.43. The highest BCUT2D eigenvalue weighted by atomic mass is 32.2. The van der Waals surface area contributed by atoms with E-state index >= 15 is 0 Å². The van der Waals surface area contributed by atoms with E-state index in [0.29, 0.717) is 25.9 Å². The molecule has 0 saturated heterocycles. The van der Waals surface area contributed by atoms with Crippen molar-refractivity contribution < 1.29 is 18.7 Å². The van der Waals surface area contributed by atoms with Crippen LogP contribution >= 0.6 is 11.8 Å². The van der Waals surface area contributed by atoms with Crippen LogP contribution in [0.2, 0.25) is 0 Å². The van der Waals surface area contributed by atoms with Gasteiger partial charge in [-0.05, 0) is 6.26 Å². The number of rotatable bonds is 11. The van der Waals surface area contributed by atoms with Crippen LogP contribution in [0.3, 0.4) is 0 Å². The predicted molar refractivity (Wildman–Crippen MR) is 76.6 cm³/mol. The van der Waals surface area contributed by atoms with Crippen LogP contribution < -0.4 is 10.6 Å². The normalized spacial score (nSPS) is 12.7. The van der Waals surface area contributed by atoms with E-state index in [2.05, 4.69) is 24.5 Å². The van der Waals surface area contributed by atoms with E-state index in [-0.39, 0.29) is 18.4 Å². The molecule has 1 unspecified atom stereocenters. The molecule has 0 aromatic heterocycles. The number of amides is 1. The minimum absolute atomic E-state index is 0.0150. The minimum atomic E-state index is -1.18. The highest BCUT2D eigenvalue weighted by Crippen LogP contribution is 1.95. The topological polar surface area (TPSA) is 59.6 Å². The van der Waals surface area contributed by atoms with Crippen molar-refractivity contribution in [2.45, 2.75) is 26.1 Å². The molecule has 0 spiro atoms. The number of nitrogens with one attached hydrogen (secondary N) is 2. The SMILES string of the molecule is CSC(=O)NCC(F)COCCOCCNC(C)C. The fraction of sp³-hybridized carbons (Fsp3) is 0.917. The number of ether oxygens (including phenoxy) is 2. The van der Waals surface area contributed by atoms with E-state index in [1.807, 2.05) is 0 Å². The van der Waals surface area contributed by atoms with E-state index < -0.39 is 6.17 Å².